The lowest BCUT2D eigenvalue weighted by Gasteiger charge is -2.17. The fourth-order valence-corrected chi connectivity index (χ4v) is 2.03. The van der Waals surface area contributed by atoms with Crippen molar-refractivity contribution in [3.8, 4) is 0 Å². The zero-order valence-corrected chi connectivity index (χ0v) is 8.52. The minimum Gasteiger partial charge on any atom is -0.378 e. The van der Waals surface area contributed by atoms with E-state index in [9.17, 15) is 8.42 Å². The minimum absolute atomic E-state index is 0.0943. The lowest BCUT2D eigenvalue weighted by Crippen LogP contribution is -2.47. The molecule has 0 amide bonds. The Morgan fingerprint density at radius 3 is 2.69 bits per heavy atom. The fourth-order valence-electron chi connectivity index (χ4n) is 1.28. The first-order valence-corrected chi connectivity index (χ1v) is 5.51. The van der Waals surface area contributed by atoms with E-state index >= 15 is 0 Å². The Balaban J connectivity index is 2.53. The van der Waals surface area contributed by atoms with Crippen molar-refractivity contribution in [3.63, 3.8) is 0 Å². The van der Waals surface area contributed by atoms with Crippen LogP contribution in [-0.4, -0.2) is 47.8 Å². The molecule has 6 nitrogen and oxygen atoms in total. The largest absolute Gasteiger partial charge is 0.378 e. The Morgan fingerprint density at radius 2 is 2.15 bits per heavy atom. The number of rotatable bonds is 4. The maximum absolute atomic E-state index is 11.1. The van der Waals surface area contributed by atoms with Gasteiger partial charge in [-0.1, -0.05) is 0 Å². The third-order valence-electron chi connectivity index (χ3n) is 2.04. The minimum atomic E-state index is -3.37. The molecule has 1 aliphatic heterocycles. The highest BCUT2D eigenvalue weighted by molar-refractivity contribution is 7.87. The summed E-state index contributed by atoms with van der Waals surface area (Å²) in [6.45, 7) is 1.27. The smallest absolute Gasteiger partial charge is 0.277 e. The molecule has 1 unspecified atom stereocenters. The van der Waals surface area contributed by atoms with Crippen molar-refractivity contribution in [2.24, 2.45) is 0 Å². The number of nitrogens with one attached hydrogen (secondary N) is 3. The van der Waals surface area contributed by atoms with Gasteiger partial charge >= 0.3 is 0 Å². The summed E-state index contributed by atoms with van der Waals surface area (Å²) in [5, 5.41) is 3.04. The zero-order chi connectivity index (χ0) is 9.90. The highest BCUT2D eigenvalue weighted by Crippen LogP contribution is 2.04. The molecule has 0 bridgehead atoms. The van der Waals surface area contributed by atoms with Gasteiger partial charge in [0.25, 0.3) is 10.2 Å². The van der Waals surface area contributed by atoms with Gasteiger partial charge in [-0.15, -0.1) is 0 Å². The summed E-state index contributed by atoms with van der Waals surface area (Å²) in [5.41, 5.74) is 0. The Labute approximate surface area is 78.2 Å². The zero-order valence-electron chi connectivity index (χ0n) is 7.70. The molecule has 0 aromatic heterocycles. The molecule has 13 heavy (non-hydrogen) atoms. The van der Waals surface area contributed by atoms with Crippen LogP contribution in [0.15, 0.2) is 0 Å². The molecule has 1 heterocycles. The van der Waals surface area contributed by atoms with Gasteiger partial charge in [-0.3, -0.25) is 0 Å². The van der Waals surface area contributed by atoms with Crippen molar-refractivity contribution in [1.82, 2.24) is 14.8 Å². The van der Waals surface area contributed by atoms with Crippen LogP contribution in [0.25, 0.3) is 0 Å². The van der Waals surface area contributed by atoms with Crippen LogP contribution in [0.2, 0.25) is 0 Å². The van der Waals surface area contributed by atoms with Gasteiger partial charge in [-0.25, -0.2) is 4.72 Å². The molecule has 3 N–H and O–H groups in total. The van der Waals surface area contributed by atoms with E-state index in [-0.39, 0.29) is 12.1 Å². The van der Waals surface area contributed by atoms with Crippen molar-refractivity contribution in [2.45, 2.75) is 12.1 Å². The van der Waals surface area contributed by atoms with Crippen LogP contribution in [0.5, 0.6) is 0 Å². The van der Waals surface area contributed by atoms with Gasteiger partial charge in [0.1, 0.15) is 0 Å². The second kappa shape index (κ2) is 4.34. The molecule has 1 fully saturated rings. The van der Waals surface area contributed by atoms with Gasteiger partial charge in [0.05, 0.1) is 12.1 Å². The molecular weight excluding hydrogens is 194 g/mol. The highest BCUT2D eigenvalue weighted by Gasteiger charge is 2.29. The summed E-state index contributed by atoms with van der Waals surface area (Å²) in [6.07, 6.45) is -0.0943. The normalized spacial score (nSPS) is 29.4. The van der Waals surface area contributed by atoms with E-state index in [4.69, 9.17) is 4.74 Å². The van der Waals surface area contributed by atoms with Crippen LogP contribution in [0, 0.1) is 0 Å². The van der Waals surface area contributed by atoms with Crippen molar-refractivity contribution in [2.75, 3.05) is 27.2 Å². The molecule has 0 radical (unpaired) electrons. The first kappa shape index (κ1) is 10.9. The lowest BCUT2D eigenvalue weighted by molar-refractivity contribution is 0.103. The first-order chi connectivity index (χ1) is 6.09. The third-order valence-corrected chi connectivity index (χ3v) is 3.19. The van der Waals surface area contributed by atoms with Crippen molar-refractivity contribution >= 4 is 10.2 Å². The Morgan fingerprint density at radius 1 is 1.46 bits per heavy atom. The molecule has 2 atom stereocenters. The number of methoxy groups -OCH3 is 1. The summed E-state index contributed by atoms with van der Waals surface area (Å²) in [7, 11) is -0.431. The standard InChI is InChI=1S/C6H15N3O3S/c1-7-13(10,11)9-5-3-8-4-6(5)12-2/h5-9H,3-4H2,1-2H3/t5?,6-/m0/s1. The van der Waals surface area contributed by atoms with E-state index in [1.54, 1.807) is 7.11 Å². The second-order valence-corrected chi connectivity index (χ2v) is 4.52. The third kappa shape index (κ3) is 2.89. The van der Waals surface area contributed by atoms with Gasteiger partial charge < -0.3 is 10.1 Å². The molecule has 0 saturated carbocycles. The average Bonchev–Trinajstić information content (AvgIpc) is 2.51. The summed E-state index contributed by atoms with van der Waals surface area (Å²) >= 11 is 0. The van der Waals surface area contributed by atoms with Gasteiger partial charge in [-0.2, -0.15) is 13.1 Å². The van der Waals surface area contributed by atoms with E-state index < -0.39 is 10.2 Å². The van der Waals surface area contributed by atoms with Crippen LogP contribution in [0.1, 0.15) is 0 Å². The summed E-state index contributed by atoms with van der Waals surface area (Å²) in [4.78, 5) is 0. The molecular formula is C6H15N3O3S. The van der Waals surface area contributed by atoms with Crippen molar-refractivity contribution in [1.29, 1.82) is 0 Å². The predicted octanol–water partition coefficient (Wildman–Crippen LogP) is -1.97. The summed E-state index contributed by atoms with van der Waals surface area (Å²) in [6, 6.07) is -0.192. The molecule has 0 spiro atoms. The monoisotopic (exact) mass is 209 g/mol. The second-order valence-electron chi connectivity index (χ2n) is 2.86. The Hall–Kier alpha value is -0.210. The van der Waals surface area contributed by atoms with E-state index in [2.05, 4.69) is 14.8 Å². The summed E-state index contributed by atoms with van der Waals surface area (Å²) < 4.78 is 32.0. The van der Waals surface area contributed by atoms with Crippen LogP contribution < -0.4 is 14.8 Å². The maximum Gasteiger partial charge on any atom is 0.277 e. The lowest BCUT2D eigenvalue weighted by atomic mass is 10.2. The van der Waals surface area contributed by atoms with E-state index in [0.29, 0.717) is 13.1 Å². The molecule has 0 aromatic carbocycles. The Kier molecular flexibility index (Phi) is 3.63. The maximum atomic E-state index is 11.1. The molecule has 0 aliphatic carbocycles. The molecule has 78 valence electrons. The van der Waals surface area contributed by atoms with E-state index in [1.807, 2.05) is 0 Å². The number of hydrogen-bond acceptors (Lipinski definition) is 4. The molecule has 7 heteroatoms. The van der Waals surface area contributed by atoms with Gasteiger partial charge in [0.2, 0.25) is 0 Å². The first-order valence-electron chi connectivity index (χ1n) is 4.03. The topological polar surface area (TPSA) is 79.5 Å². The number of hydrogen-bond donors (Lipinski definition) is 3. The summed E-state index contributed by atoms with van der Waals surface area (Å²) in [5.74, 6) is 0. The quantitative estimate of drug-likeness (QED) is 0.502. The van der Waals surface area contributed by atoms with E-state index in [0.717, 1.165) is 0 Å². The van der Waals surface area contributed by atoms with Crippen molar-refractivity contribution in [3.05, 3.63) is 0 Å². The molecule has 1 rings (SSSR count). The van der Waals surface area contributed by atoms with Crippen molar-refractivity contribution < 1.29 is 13.2 Å². The molecule has 1 aliphatic rings. The number of ether oxygens (including phenoxy) is 1. The van der Waals surface area contributed by atoms with Gasteiger partial charge in [0, 0.05) is 27.2 Å². The van der Waals surface area contributed by atoms with Gasteiger partial charge in [0.15, 0.2) is 0 Å². The Bertz CT molecular complexity index is 254. The van der Waals surface area contributed by atoms with Gasteiger partial charge in [-0.05, 0) is 0 Å². The van der Waals surface area contributed by atoms with Crippen LogP contribution in [-0.2, 0) is 14.9 Å². The van der Waals surface area contributed by atoms with Crippen LogP contribution in [0.4, 0.5) is 0 Å². The predicted molar refractivity (Wildman–Crippen MR) is 48.6 cm³/mol. The van der Waals surface area contributed by atoms with Crippen LogP contribution >= 0.6 is 0 Å². The SMILES string of the molecule is CNS(=O)(=O)NC1CNC[C@@H]1OC. The molecule has 1 saturated heterocycles. The molecule has 0 aromatic rings. The van der Waals surface area contributed by atoms with E-state index in [1.165, 1.54) is 7.05 Å². The highest BCUT2D eigenvalue weighted by atomic mass is 32.2. The average molecular weight is 209 g/mol. The fraction of sp³-hybridized carbons (Fsp3) is 1.00. The van der Waals surface area contributed by atoms with Crippen LogP contribution in [0.3, 0.4) is 0 Å².